The molecule has 0 spiro atoms. The van der Waals surface area contributed by atoms with Crippen LogP contribution in [-0.4, -0.2) is 72.7 Å². The van der Waals surface area contributed by atoms with E-state index in [1.54, 1.807) is 41.2 Å². The van der Waals surface area contributed by atoms with Crippen molar-refractivity contribution in [3.63, 3.8) is 0 Å². The largest absolute Gasteiger partial charge is 0.461 e. The van der Waals surface area contributed by atoms with Gasteiger partial charge in [-0.3, -0.25) is 24.3 Å². The molecular formula is C28H28N6O5S. The fourth-order valence-corrected chi connectivity index (χ4v) is 5.59. The summed E-state index contributed by atoms with van der Waals surface area (Å²) in [7, 11) is 0. The van der Waals surface area contributed by atoms with Gasteiger partial charge in [0.25, 0.3) is 11.6 Å². The molecule has 2 aromatic carbocycles. The lowest BCUT2D eigenvalue weighted by atomic mass is 10.1. The molecule has 1 saturated heterocycles. The van der Waals surface area contributed by atoms with Gasteiger partial charge >= 0.3 is 0 Å². The number of hydrogen-bond donors (Lipinski definition) is 0. The van der Waals surface area contributed by atoms with Gasteiger partial charge in [0.1, 0.15) is 0 Å². The normalized spacial score (nSPS) is 15.3. The number of aryl methyl sites for hydroxylation is 2. The predicted octanol–water partition coefficient (Wildman–Crippen LogP) is 4.52. The van der Waals surface area contributed by atoms with E-state index in [9.17, 15) is 19.7 Å². The molecule has 1 atom stereocenters. The molecule has 3 heterocycles. The Morgan fingerprint density at radius 2 is 1.93 bits per heavy atom. The van der Waals surface area contributed by atoms with Gasteiger partial charge in [-0.1, -0.05) is 30.0 Å². The van der Waals surface area contributed by atoms with Crippen LogP contribution in [0.4, 0.5) is 5.69 Å². The highest BCUT2D eigenvalue weighted by Gasteiger charge is 2.31. The average Bonchev–Trinajstić information content (AvgIpc) is 3.61. The Kier molecular flexibility index (Phi) is 7.69. The van der Waals surface area contributed by atoms with Gasteiger partial charge in [0.2, 0.25) is 11.7 Å². The van der Waals surface area contributed by atoms with Crippen molar-refractivity contribution in [2.75, 3.05) is 25.4 Å². The fraction of sp³-hybridized carbons (Fsp3) is 0.286. The molecule has 40 heavy (non-hydrogen) atoms. The second kappa shape index (κ2) is 11.3. The molecular weight excluding hydrogens is 532 g/mol. The number of amides is 2. The minimum atomic E-state index is -0.485. The molecule has 5 rings (SSSR count). The summed E-state index contributed by atoms with van der Waals surface area (Å²) in [5.74, 6) is 0.901. The van der Waals surface area contributed by atoms with Crippen LogP contribution in [-0.2, 0) is 4.79 Å². The molecule has 0 saturated carbocycles. The molecule has 0 bridgehead atoms. The monoisotopic (exact) mass is 560 g/mol. The lowest BCUT2D eigenvalue weighted by molar-refractivity contribution is -0.385. The van der Waals surface area contributed by atoms with Gasteiger partial charge in [0.05, 0.1) is 22.6 Å². The summed E-state index contributed by atoms with van der Waals surface area (Å²) in [6, 6.07) is 15.8. The number of nitro groups is 1. The van der Waals surface area contributed by atoms with Gasteiger partial charge in [-0.05, 0) is 56.7 Å². The fourth-order valence-electron chi connectivity index (χ4n) is 4.74. The zero-order valence-corrected chi connectivity index (χ0v) is 23.1. The summed E-state index contributed by atoms with van der Waals surface area (Å²) in [6.07, 6.45) is 1.58. The Labute approximate surface area is 234 Å². The van der Waals surface area contributed by atoms with Crippen LogP contribution in [0.1, 0.15) is 28.4 Å². The Hall–Kier alpha value is -4.45. The van der Waals surface area contributed by atoms with Crippen LogP contribution >= 0.6 is 11.8 Å². The van der Waals surface area contributed by atoms with E-state index in [1.807, 2.05) is 48.7 Å². The summed E-state index contributed by atoms with van der Waals surface area (Å²) >= 11 is 1.29. The summed E-state index contributed by atoms with van der Waals surface area (Å²) in [5, 5.41) is 20.6. The standard InChI is InChI=1S/C28H28N6O5S/c1-18-6-4-7-22(14-18)33-26(24-8-5-13-39-24)29-30-28(33)40-17-25(35)31-11-12-32(20(3)16-31)27(36)21-10-9-19(2)23(15-21)34(37)38/h4-10,13-15,20H,11-12,16-17H2,1-3H3. The zero-order valence-electron chi connectivity index (χ0n) is 22.3. The summed E-state index contributed by atoms with van der Waals surface area (Å²) in [4.78, 5) is 40.6. The number of hydrogen-bond acceptors (Lipinski definition) is 8. The number of nitro benzene ring substituents is 1. The third kappa shape index (κ3) is 5.48. The first kappa shape index (κ1) is 27.1. The molecule has 0 radical (unpaired) electrons. The van der Waals surface area contributed by atoms with Crippen molar-refractivity contribution >= 4 is 29.3 Å². The van der Waals surface area contributed by atoms with Gasteiger partial charge in [-0.25, -0.2) is 0 Å². The molecule has 0 N–H and O–H groups in total. The molecule has 2 amide bonds. The van der Waals surface area contributed by atoms with E-state index in [0.29, 0.717) is 41.9 Å². The number of nitrogens with zero attached hydrogens (tertiary/aromatic N) is 6. The van der Waals surface area contributed by atoms with Gasteiger partial charge in [0, 0.05) is 42.9 Å². The average molecular weight is 561 g/mol. The van der Waals surface area contributed by atoms with Crippen LogP contribution in [0.5, 0.6) is 0 Å². The third-order valence-electron chi connectivity index (χ3n) is 6.85. The lowest BCUT2D eigenvalue weighted by Gasteiger charge is -2.40. The molecule has 1 unspecified atom stereocenters. The zero-order chi connectivity index (χ0) is 28.4. The maximum Gasteiger partial charge on any atom is 0.273 e. The summed E-state index contributed by atoms with van der Waals surface area (Å²) in [5.41, 5.74) is 2.62. The number of rotatable bonds is 7. The number of carbonyl (C=O) groups is 2. The second-order valence-electron chi connectivity index (χ2n) is 9.69. The third-order valence-corrected chi connectivity index (χ3v) is 7.77. The van der Waals surface area contributed by atoms with Gasteiger partial charge in [-0.15, -0.1) is 10.2 Å². The summed E-state index contributed by atoms with van der Waals surface area (Å²) in [6.45, 7) is 6.57. The van der Waals surface area contributed by atoms with Crippen LogP contribution in [0.25, 0.3) is 17.3 Å². The second-order valence-corrected chi connectivity index (χ2v) is 10.6. The smallest absolute Gasteiger partial charge is 0.273 e. The van der Waals surface area contributed by atoms with Crippen LogP contribution in [0.15, 0.2) is 70.4 Å². The molecule has 206 valence electrons. The molecule has 1 fully saturated rings. The molecule has 11 nitrogen and oxygen atoms in total. The van der Waals surface area contributed by atoms with Crippen molar-refractivity contribution < 1.29 is 18.9 Å². The Morgan fingerprint density at radius 1 is 1.10 bits per heavy atom. The van der Waals surface area contributed by atoms with Crippen LogP contribution in [0, 0.1) is 24.0 Å². The van der Waals surface area contributed by atoms with Gasteiger partial charge in [-0.2, -0.15) is 0 Å². The topological polar surface area (TPSA) is 128 Å². The first-order valence-electron chi connectivity index (χ1n) is 12.8. The number of aromatic nitrogens is 3. The highest BCUT2D eigenvalue weighted by Crippen LogP contribution is 2.29. The minimum absolute atomic E-state index is 0.0757. The van der Waals surface area contributed by atoms with E-state index in [0.717, 1.165) is 11.3 Å². The SMILES string of the molecule is Cc1cccc(-n2c(SCC(=O)N3CCN(C(=O)c4ccc(C)c([N+](=O)[O-])c4)C(C)C3)nnc2-c2ccco2)c1. The van der Waals surface area contributed by atoms with E-state index in [-0.39, 0.29) is 34.9 Å². The molecule has 12 heteroatoms. The van der Waals surface area contributed by atoms with Crippen molar-refractivity contribution in [1.29, 1.82) is 0 Å². The van der Waals surface area contributed by atoms with Gasteiger partial charge in [0.15, 0.2) is 10.9 Å². The van der Waals surface area contributed by atoms with Crippen molar-refractivity contribution in [2.45, 2.75) is 32.0 Å². The minimum Gasteiger partial charge on any atom is -0.461 e. The number of piperazine rings is 1. The maximum absolute atomic E-state index is 13.2. The van der Waals surface area contributed by atoms with E-state index in [1.165, 1.54) is 17.8 Å². The molecule has 1 aliphatic heterocycles. The molecule has 2 aromatic heterocycles. The van der Waals surface area contributed by atoms with Gasteiger partial charge < -0.3 is 14.2 Å². The number of carbonyl (C=O) groups excluding carboxylic acids is 2. The first-order chi connectivity index (χ1) is 19.2. The molecule has 1 aliphatic rings. The molecule has 0 aliphatic carbocycles. The van der Waals surface area contributed by atoms with Crippen LogP contribution in [0.2, 0.25) is 0 Å². The highest BCUT2D eigenvalue weighted by atomic mass is 32.2. The van der Waals surface area contributed by atoms with Crippen molar-refractivity contribution in [3.8, 4) is 17.3 Å². The van der Waals surface area contributed by atoms with Crippen LogP contribution in [0.3, 0.4) is 0 Å². The lowest BCUT2D eigenvalue weighted by Crippen LogP contribution is -2.55. The highest BCUT2D eigenvalue weighted by molar-refractivity contribution is 7.99. The predicted molar refractivity (Wildman–Crippen MR) is 149 cm³/mol. The van der Waals surface area contributed by atoms with Crippen LogP contribution < -0.4 is 0 Å². The van der Waals surface area contributed by atoms with Crippen molar-refractivity contribution in [2.24, 2.45) is 0 Å². The van der Waals surface area contributed by atoms with Crippen molar-refractivity contribution in [1.82, 2.24) is 24.6 Å². The first-order valence-corrected chi connectivity index (χ1v) is 13.7. The quantitative estimate of drug-likeness (QED) is 0.183. The van der Waals surface area contributed by atoms with E-state index in [2.05, 4.69) is 10.2 Å². The Balaban J connectivity index is 1.27. The summed E-state index contributed by atoms with van der Waals surface area (Å²) < 4.78 is 7.45. The number of furan rings is 1. The van der Waals surface area contributed by atoms with Crippen molar-refractivity contribution in [3.05, 3.63) is 87.7 Å². The van der Waals surface area contributed by atoms with E-state index in [4.69, 9.17) is 4.42 Å². The van der Waals surface area contributed by atoms with E-state index >= 15 is 0 Å². The Bertz CT molecular complexity index is 1570. The molecule has 4 aromatic rings. The van der Waals surface area contributed by atoms with E-state index < -0.39 is 4.92 Å². The maximum atomic E-state index is 13.2. The Morgan fingerprint density at radius 3 is 2.62 bits per heavy atom. The number of thioether (sulfide) groups is 1. The number of benzene rings is 2.